The number of nitrogens with one attached hydrogen (secondary N) is 2. The van der Waals surface area contributed by atoms with Crippen molar-refractivity contribution in [2.75, 3.05) is 13.6 Å². The van der Waals surface area contributed by atoms with Gasteiger partial charge in [0.25, 0.3) is 0 Å². The maximum Gasteiger partial charge on any atom is 0.213 e. The monoisotopic (exact) mass is 390 g/mol. The lowest BCUT2D eigenvalue weighted by Crippen LogP contribution is -2.36. The average molecular weight is 390 g/mol. The second-order valence-electron chi connectivity index (χ2n) is 4.27. The first-order chi connectivity index (χ1) is 9.15. The molecular weight excluding hydrogens is 367 g/mol. The van der Waals surface area contributed by atoms with Gasteiger partial charge in [-0.25, -0.2) is 4.98 Å². The second kappa shape index (κ2) is 10.5. The number of ether oxygens (including phenoxy) is 1. The summed E-state index contributed by atoms with van der Waals surface area (Å²) in [5.41, 5.74) is 1.07. The van der Waals surface area contributed by atoms with Gasteiger partial charge in [-0.05, 0) is 19.4 Å². The molecule has 0 saturated carbocycles. The fourth-order valence-electron chi connectivity index (χ4n) is 1.40. The molecule has 0 spiro atoms. The Morgan fingerprint density at radius 3 is 2.70 bits per heavy atom. The summed E-state index contributed by atoms with van der Waals surface area (Å²) in [5, 5.41) is 6.29. The summed E-state index contributed by atoms with van der Waals surface area (Å²) in [4.78, 5) is 8.35. The third-order valence-electron chi connectivity index (χ3n) is 2.25. The number of aromatic nitrogens is 1. The Balaban J connectivity index is 0.00000361. The normalized spacial score (nSPS) is 10.7. The Morgan fingerprint density at radius 1 is 1.45 bits per heavy atom. The van der Waals surface area contributed by atoms with Gasteiger partial charge in [-0.1, -0.05) is 12.1 Å². The van der Waals surface area contributed by atoms with E-state index in [1.54, 1.807) is 19.3 Å². The number of guanidine groups is 1. The van der Waals surface area contributed by atoms with Crippen LogP contribution in [0.15, 0.2) is 36.0 Å². The molecule has 0 unspecified atom stereocenters. The van der Waals surface area contributed by atoms with Crippen molar-refractivity contribution in [3.05, 3.63) is 36.5 Å². The van der Waals surface area contributed by atoms with Crippen LogP contribution in [0.4, 0.5) is 0 Å². The number of hydrogen-bond donors (Lipinski definition) is 2. The van der Waals surface area contributed by atoms with Crippen molar-refractivity contribution in [2.45, 2.75) is 26.5 Å². The molecule has 1 aromatic heterocycles. The molecule has 0 amide bonds. The Hall–Kier alpha value is -1.31. The van der Waals surface area contributed by atoms with E-state index in [2.05, 4.69) is 27.2 Å². The number of aliphatic imine (C=N–C) groups is 1. The van der Waals surface area contributed by atoms with Gasteiger partial charge in [-0.2, -0.15) is 0 Å². The molecule has 0 bridgehead atoms. The first-order valence-electron chi connectivity index (χ1n) is 6.32. The molecule has 0 aromatic carbocycles. The van der Waals surface area contributed by atoms with Crippen LogP contribution in [0.25, 0.3) is 0 Å². The Labute approximate surface area is 137 Å². The van der Waals surface area contributed by atoms with E-state index in [4.69, 9.17) is 4.74 Å². The van der Waals surface area contributed by atoms with Crippen molar-refractivity contribution in [1.29, 1.82) is 0 Å². The number of rotatable bonds is 6. The van der Waals surface area contributed by atoms with Gasteiger partial charge < -0.3 is 15.4 Å². The predicted molar refractivity (Wildman–Crippen MR) is 93.8 cm³/mol. The first kappa shape index (κ1) is 18.7. The first-order valence-corrected chi connectivity index (χ1v) is 6.32. The predicted octanol–water partition coefficient (Wildman–Crippen LogP) is 2.34. The zero-order valence-corrected chi connectivity index (χ0v) is 14.5. The lowest BCUT2D eigenvalue weighted by atomic mass is 10.3. The van der Waals surface area contributed by atoms with Crippen LogP contribution in [0.5, 0.6) is 5.88 Å². The molecule has 1 rings (SSSR count). The fraction of sp³-hybridized carbons (Fsp3) is 0.429. The minimum Gasteiger partial charge on any atom is -0.475 e. The van der Waals surface area contributed by atoms with Crippen LogP contribution in [-0.4, -0.2) is 30.6 Å². The second-order valence-corrected chi connectivity index (χ2v) is 4.27. The van der Waals surface area contributed by atoms with Gasteiger partial charge in [0.2, 0.25) is 5.88 Å². The van der Waals surface area contributed by atoms with Crippen LogP contribution in [0, 0.1) is 0 Å². The highest BCUT2D eigenvalue weighted by atomic mass is 127. The molecule has 0 radical (unpaired) electrons. The SMILES string of the molecule is C=CCNC(=NC)NCc1ccc(OC(C)C)nc1.I. The van der Waals surface area contributed by atoms with Crippen LogP contribution in [0.1, 0.15) is 19.4 Å². The van der Waals surface area contributed by atoms with Crippen molar-refractivity contribution >= 4 is 29.9 Å². The van der Waals surface area contributed by atoms with Crippen molar-refractivity contribution < 1.29 is 4.74 Å². The average Bonchev–Trinajstić information content (AvgIpc) is 2.40. The number of hydrogen-bond acceptors (Lipinski definition) is 3. The number of halogens is 1. The Bertz CT molecular complexity index is 418. The molecular formula is C14H23IN4O. The minimum atomic E-state index is 0. The third kappa shape index (κ3) is 7.32. The van der Waals surface area contributed by atoms with Crippen molar-refractivity contribution in [1.82, 2.24) is 15.6 Å². The summed E-state index contributed by atoms with van der Waals surface area (Å²) in [6.45, 7) is 8.94. The summed E-state index contributed by atoms with van der Waals surface area (Å²) in [6, 6.07) is 3.86. The van der Waals surface area contributed by atoms with E-state index in [1.165, 1.54) is 0 Å². The summed E-state index contributed by atoms with van der Waals surface area (Å²) < 4.78 is 5.49. The lowest BCUT2D eigenvalue weighted by Gasteiger charge is -2.11. The molecule has 0 aliphatic rings. The van der Waals surface area contributed by atoms with Gasteiger partial charge in [0.05, 0.1) is 6.10 Å². The maximum atomic E-state index is 5.49. The van der Waals surface area contributed by atoms with E-state index in [0.29, 0.717) is 19.0 Å². The molecule has 2 N–H and O–H groups in total. The topological polar surface area (TPSA) is 58.5 Å². The molecule has 0 saturated heterocycles. The highest BCUT2D eigenvalue weighted by Gasteiger charge is 2.00. The largest absolute Gasteiger partial charge is 0.475 e. The van der Waals surface area contributed by atoms with E-state index in [0.717, 1.165) is 11.5 Å². The highest BCUT2D eigenvalue weighted by molar-refractivity contribution is 14.0. The number of nitrogens with zero attached hydrogens (tertiary/aromatic N) is 2. The van der Waals surface area contributed by atoms with E-state index in [1.807, 2.05) is 26.0 Å². The fourth-order valence-corrected chi connectivity index (χ4v) is 1.40. The molecule has 6 heteroatoms. The zero-order valence-electron chi connectivity index (χ0n) is 12.2. The third-order valence-corrected chi connectivity index (χ3v) is 2.25. The Kier molecular flexibility index (Phi) is 9.79. The quantitative estimate of drug-likeness (QED) is 0.339. The molecule has 0 fully saturated rings. The summed E-state index contributed by atoms with van der Waals surface area (Å²) in [7, 11) is 1.73. The molecule has 20 heavy (non-hydrogen) atoms. The minimum absolute atomic E-state index is 0. The molecule has 1 aromatic rings. The lowest BCUT2D eigenvalue weighted by molar-refractivity contribution is 0.232. The van der Waals surface area contributed by atoms with Gasteiger partial charge >= 0.3 is 0 Å². The van der Waals surface area contributed by atoms with Crippen molar-refractivity contribution in [2.24, 2.45) is 4.99 Å². The van der Waals surface area contributed by atoms with E-state index in [-0.39, 0.29) is 30.1 Å². The van der Waals surface area contributed by atoms with E-state index >= 15 is 0 Å². The van der Waals surface area contributed by atoms with Gasteiger partial charge in [-0.3, -0.25) is 4.99 Å². The number of pyridine rings is 1. The van der Waals surface area contributed by atoms with E-state index < -0.39 is 0 Å². The maximum absolute atomic E-state index is 5.49. The van der Waals surface area contributed by atoms with Crippen LogP contribution in [0.2, 0.25) is 0 Å². The highest BCUT2D eigenvalue weighted by Crippen LogP contribution is 2.09. The van der Waals surface area contributed by atoms with Crippen LogP contribution >= 0.6 is 24.0 Å². The standard InChI is InChI=1S/C14H22N4O.HI/c1-5-8-16-14(15-4)18-10-12-6-7-13(17-9-12)19-11(2)3;/h5-7,9,11H,1,8,10H2,2-4H3,(H2,15,16,18);1H. The van der Waals surface area contributed by atoms with Gasteiger partial charge in [0, 0.05) is 32.4 Å². The van der Waals surface area contributed by atoms with Gasteiger partial charge in [-0.15, -0.1) is 30.6 Å². The van der Waals surface area contributed by atoms with Crippen LogP contribution < -0.4 is 15.4 Å². The Morgan fingerprint density at radius 2 is 2.20 bits per heavy atom. The summed E-state index contributed by atoms with van der Waals surface area (Å²) in [5.74, 6) is 1.38. The van der Waals surface area contributed by atoms with Crippen molar-refractivity contribution in [3.63, 3.8) is 0 Å². The zero-order chi connectivity index (χ0) is 14.1. The molecule has 0 aliphatic heterocycles. The molecule has 0 atom stereocenters. The van der Waals surface area contributed by atoms with Crippen molar-refractivity contribution in [3.8, 4) is 5.88 Å². The van der Waals surface area contributed by atoms with E-state index in [9.17, 15) is 0 Å². The van der Waals surface area contributed by atoms with Gasteiger partial charge in [0.1, 0.15) is 0 Å². The smallest absolute Gasteiger partial charge is 0.213 e. The van der Waals surface area contributed by atoms with Gasteiger partial charge in [0.15, 0.2) is 5.96 Å². The molecule has 5 nitrogen and oxygen atoms in total. The summed E-state index contributed by atoms with van der Waals surface area (Å²) in [6.07, 6.45) is 3.72. The van der Waals surface area contributed by atoms with Crippen LogP contribution in [-0.2, 0) is 6.54 Å². The molecule has 1 heterocycles. The summed E-state index contributed by atoms with van der Waals surface area (Å²) >= 11 is 0. The van der Waals surface area contributed by atoms with Crippen LogP contribution in [0.3, 0.4) is 0 Å². The molecule has 0 aliphatic carbocycles. The molecule has 112 valence electrons.